The molecule has 2 heterocycles. The van der Waals surface area contributed by atoms with Crippen LogP contribution < -0.4 is 4.90 Å². The third-order valence-electron chi connectivity index (χ3n) is 6.43. The van der Waals surface area contributed by atoms with Crippen LogP contribution in [-0.2, 0) is 16.4 Å². The number of hydrogen-bond donors (Lipinski definition) is 0. The summed E-state index contributed by atoms with van der Waals surface area (Å²) in [7, 11) is -5.34. The van der Waals surface area contributed by atoms with Crippen molar-refractivity contribution in [2.75, 3.05) is 18.1 Å². The summed E-state index contributed by atoms with van der Waals surface area (Å²) < 4.78 is 61.7. The Bertz CT molecular complexity index is 1290. The molecule has 0 atom stereocenters. The molecule has 5 nitrogen and oxygen atoms in total. The molecule has 0 amide bonds. The second-order valence-electron chi connectivity index (χ2n) is 8.64. The molecule has 2 aliphatic rings. The summed E-state index contributed by atoms with van der Waals surface area (Å²) in [6, 6.07) is 15.2. The van der Waals surface area contributed by atoms with Gasteiger partial charge in [-0.05, 0) is 61.7 Å². The highest BCUT2D eigenvalue weighted by molar-refractivity contribution is 7.92. The summed E-state index contributed by atoms with van der Waals surface area (Å²) >= 11 is 0. The fourth-order valence-electron chi connectivity index (χ4n) is 4.57. The summed E-state index contributed by atoms with van der Waals surface area (Å²) in [5.74, 6) is 0. The van der Waals surface area contributed by atoms with Crippen molar-refractivity contribution in [1.29, 1.82) is 0 Å². The number of alkyl halides is 3. The van der Waals surface area contributed by atoms with E-state index < -0.39 is 20.2 Å². The van der Waals surface area contributed by atoms with E-state index in [4.69, 9.17) is 0 Å². The zero-order valence-corrected chi connectivity index (χ0v) is 18.2. The minimum Gasteiger partial charge on any atom is -0.357 e. The highest BCUT2D eigenvalue weighted by Gasteiger charge is 2.53. The monoisotopic (exact) mass is 461 g/mol. The molecule has 1 aliphatic carbocycles. The number of halogens is 3. The average Bonchev–Trinajstić information content (AvgIpc) is 3.43. The number of nitrogens with zero attached hydrogens (tertiary/aromatic N) is 3. The van der Waals surface area contributed by atoms with Crippen molar-refractivity contribution in [3.8, 4) is 0 Å². The zero-order chi connectivity index (χ0) is 22.7. The fourth-order valence-corrected chi connectivity index (χ4v) is 5.33. The number of anilines is 1. The van der Waals surface area contributed by atoms with Crippen molar-refractivity contribution in [1.82, 2.24) is 9.88 Å². The molecule has 2 fully saturated rings. The molecule has 0 N–H and O–H groups in total. The molecule has 2 aromatic carbocycles. The van der Waals surface area contributed by atoms with Gasteiger partial charge in [0.2, 0.25) is 0 Å². The summed E-state index contributed by atoms with van der Waals surface area (Å²) in [5, 5.41) is 1.12. The van der Waals surface area contributed by atoms with Crippen LogP contribution in [0.1, 0.15) is 24.1 Å². The average molecular weight is 462 g/mol. The summed E-state index contributed by atoms with van der Waals surface area (Å²) in [4.78, 5) is 8.40. The maximum Gasteiger partial charge on any atom is 0.501 e. The Kier molecular flexibility index (Phi) is 4.76. The molecule has 0 unspecified atom stereocenters. The minimum atomic E-state index is -5.34. The molecular formula is C23H22F3N3O2S. The Morgan fingerprint density at radius 3 is 2.41 bits per heavy atom. The van der Waals surface area contributed by atoms with Gasteiger partial charge in [0.05, 0.1) is 17.1 Å². The Hall–Kier alpha value is -2.65. The smallest absolute Gasteiger partial charge is 0.357 e. The highest BCUT2D eigenvalue weighted by atomic mass is 32.2. The molecule has 32 heavy (non-hydrogen) atoms. The first-order valence-corrected chi connectivity index (χ1v) is 11.8. The third kappa shape index (κ3) is 3.53. The maximum absolute atomic E-state index is 12.8. The molecule has 168 valence electrons. The second kappa shape index (κ2) is 7.18. The molecule has 1 aromatic heterocycles. The van der Waals surface area contributed by atoms with E-state index in [-0.39, 0.29) is 5.54 Å². The van der Waals surface area contributed by atoms with Crippen molar-refractivity contribution in [2.24, 2.45) is 0 Å². The molecule has 1 saturated carbocycles. The van der Waals surface area contributed by atoms with Crippen LogP contribution >= 0.6 is 0 Å². The van der Waals surface area contributed by atoms with Gasteiger partial charge in [-0.15, -0.1) is 0 Å². The molecule has 1 saturated heterocycles. The van der Waals surface area contributed by atoms with E-state index in [0.717, 1.165) is 60.3 Å². The summed E-state index contributed by atoms with van der Waals surface area (Å²) in [6.07, 6.45) is 2.12. The molecule has 1 spiro atoms. The van der Waals surface area contributed by atoms with Gasteiger partial charge in [0.1, 0.15) is 0 Å². The normalized spacial score (nSPS) is 18.6. The molecule has 0 radical (unpaired) electrons. The molecule has 0 bridgehead atoms. The van der Waals surface area contributed by atoms with Gasteiger partial charge in [-0.2, -0.15) is 13.2 Å². The van der Waals surface area contributed by atoms with Crippen LogP contribution in [0.25, 0.3) is 10.9 Å². The number of benzene rings is 2. The lowest BCUT2D eigenvalue weighted by Crippen LogP contribution is -2.32. The number of aromatic nitrogens is 1. The van der Waals surface area contributed by atoms with Crippen molar-refractivity contribution >= 4 is 26.4 Å². The van der Waals surface area contributed by atoms with E-state index in [9.17, 15) is 21.6 Å². The fraction of sp³-hybridized carbons (Fsp3) is 0.348. The summed E-state index contributed by atoms with van der Waals surface area (Å²) in [5.41, 5.74) is -1.41. The van der Waals surface area contributed by atoms with Gasteiger partial charge >= 0.3 is 5.51 Å². The van der Waals surface area contributed by atoms with Crippen LogP contribution in [0.2, 0.25) is 0 Å². The Labute approximate surface area is 184 Å². The Morgan fingerprint density at radius 2 is 1.75 bits per heavy atom. The van der Waals surface area contributed by atoms with Crippen LogP contribution in [0.4, 0.5) is 18.9 Å². The van der Waals surface area contributed by atoms with Gasteiger partial charge in [0, 0.05) is 35.4 Å². The van der Waals surface area contributed by atoms with E-state index >= 15 is 0 Å². The molecule has 1 aliphatic heterocycles. The van der Waals surface area contributed by atoms with Crippen LogP contribution in [0, 0.1) is 6.92 Å². The van der Waals surface area contributed by atoms with Gasteiger partial charge in [-0.3, -0.25) is 9.88 Å². The molecule has 9 heteroatoms. The number of aryl methyl sites for hydroxylation is 1. The number of pyridine rings is 1. The van der Waals surface area contributed by atoms with E-state index in [2.05, 4.69) is 26.9 Å². The van der Waals surface area contributed by atoms with Crippen molar-refractivity contribution in [3.05, 3.63) is 65.9 Å². The first-order chi connectivity index (χ1) is 15.1. The third-order valence-corrected chi connectivity index (χ3v) is 7.93. The van der Waals surface area contributed by atoms with Crippen LogP contribution in [-0.4, -0.2) is 42.6 Å². The topological polar surface area (TPSA) is 53.5 Å². The molecule has 5 rings (SSSR count). The predicted molar refractivity (Wildman–Crippen MR) is 116 cm³/mol. The van der Waals surface area contributed by atoms with Gasteiger partial charge in [0.15, 0.2) is 0 Å². The predicted octanol–water partition coefficient (Wildman–Crippen LogP) is 4.65. The highest BCUT2D eigenvalue weighted by Crippen LogP contribution is 2.48. The zero-order valence-electron chi connectivity index (χ0n) is 17.4. The van der Waals surface area contributed by atoms with Crippen LogP contribution in [0.15, 0.2) is 59.5 Å². The van der Waals surface area contributed by atoms with Crippen LogP contribution in [0.3, 0.4) is 0 Å². The Morgan fingerprint density at radius 1 is 1.06 bits per heavy atom. The number of rotatable bonds is 4. The number of fused-ring (bicyclic) bond motifs is 1. The maximum atomic E-state index is 12.8. The SMILES string of the molecule is Cc1cc(CN2CN(c3ccc(S(=O)(=O)C(F)(F)F)cc3)CC23CC3)c2ccccc2n1. The van der Waals surface area contributed by atoms with Gasteiger partial charge in [0.25, 0.3) is 9.84 Å². The lowest BCUT2D eigenvalue weighted by atomic mass is 10.1. The molecule has 3 aromatic rings. The van der Waals surface area contributed by atoms with Gasteiger partial charge in [-0.25, -0.2) is 8.42 Å². The largest absolute Gasteiger partial charge is 0.501 e. The number of para-hydroxylation sites is 1. The van der Waals surface area contributed by atoms with Crippen LogP contribution in [0.5, 0.6) is 0 Å². The number of hydrogen-bond acceptors (Lipinski definition) is 5. The summed E-state index contributed by atoms with van der Waals surface area (Å²) in [6.45, 7) is 4.12. The van der Waals surface area contributed by atoms with E-state index in [1.165, 1.54) is 17.7 Å². The van der Waals surface area contributed by atoms with Crippen molar-refractivity contribution in [3.63, 3.8) is 0 Å². The standard InChI is InChI=1S/C23H22F3N3O2S/c1-16-12-17(20-4-2-3-5-21(20)27-16)13-29-15-28(14-22(29)10-11-22)18-6-8-19(9-7-18)32(30,31)23(24,25)26/h2-9,12H,10-11,13-15H2,1H3. The van der Waals surface area contributed by atoms with E-state index in [1.807, 2.05) is 25.1 Å². The van der Waals surface area contributed by atoms with E-state index in [0.29, 0.717) is 6.67 Å². The minimum absolute atomic E-state index is 0.0506. The quantitative estimate of drug-likeness (QED) is 0.566. The lowest BCUT2D eigenvalue weighted by molar-refractivity contribution is -0.0436. The first-order valence-electron chi connectivity index (χ1n) is 10.4. The van der Waals surface area contributed by atoms with Crippen molar-refractivity contribution in [2.45, 2.75) is 42.3 Å². The first kappa shape index (κ1) is 21.2. The lowest BCUT2D eigenvalue weighted by Gasteiger charge is -2.23. The van der Waals surface area contributed by atoms with Crippen molar-refractivity contribution < 1.29 is 21.6 Å². The second-order valence-corrected chi connectivity index (χ2v) is 10.6. The molecular weight excluding hydrogens is 439 g/mol. The van der Waals surface area contributed by atoms with Gasteiger partial charge < -0.3 is 4.90 Å². The van der Waals surface area contributed by atoms with E-state index in [1.54, 1.807) is 0 Å². The van der Waals surface area contributed by atoms with Gasteiger partial charge in [-0.1, -0.05) is 18.2 Å². The number of sulfone groups is 1. The Balaban J connectivity index is 1.39.